The van der Waals surface area contributed by atoms with Crippen LogP contribution in [0.1, 0.15) is 5.56 Å². The molecule has 0 spiro atoms. The van der Waals surface area contributed by atoms with Crippen LogP contribution in [0.4, 0.5) is 0 Å². The molecule has 0 radical (unpaired) electrons. The van der Waals surface area contributed by atoms with Crippen LogP contribution in [0, 0.1) is 0 Å². The number of hydrogen-bond donors (Lipinski definition) is 4. The molecule has 0 bridgehead atoms. The zero-order valence-electron chi connectivity index (χ0n) is 8.97. The molecule has 1 rings (SSSR count). The molecular weight excluding hydrogens is 376 g/mol. The number of nitrogens with zero attached hydrogens (tertiary/aromatic N) is 1. The number of carbonyl (C=O) groups is 1. The predicted molar refractivity (Wildman–Crippen MR) is 71.1 cm³/mol. The quantitative estimate of drug-likeness (QED) is 0.340. The lowest BCUT2D eigenvalue weighted by molar-refractivity contribution is -0.140. The second kappa shape index (κ2) is 5.98. The van der Waals surface area contributed by atoms with Crippen molar-refractivity contribution in [3.05, 3.63) is 29.8 Å². The van der Waals surface area contributed by atoms with Crippen LogP contribution in [-0.4, -0.2) is 34.9 Å². The lowest BCUT2D eigenvalue weighted by Crippen LogP contribution is -2.34. The van der Waals surface area contributed by atoms with Gasteiger partial charge < -0.3 is 20.0 Å². The second-order valence-corrected chi connectivity index (χ2v) is 6.79. The van der Waals surface area contributed by atoms with E-state index in [2.05, 4.69) is 0 Å². The third kappa shape index (κ3) is 4.21. The summed E-state index contributed by atoms with van der Waals surface area (Å²) in [4.78, 5) is 28.9. The highest BCUT2D eigenvalue weighted by Crippen LogP contribution is 2.45. The molecule has 0 aliphatic rings. The monoisotopic (exact) mass is 387 g/mol. The molecule has 0 aromatic heterocycles. The van der Waals surface area contributed by atoms with Crippen molar-refractivity contribution in [2.24, 2.45) is 0 Å². The molecule has 4 N–H and O–H groups in total. The Kier molecular flexibility index (Phi) is 5.11. The number of hydrogen-bond acceptors (Lipinski definition) is 3. The van der Waals surface area contributed by atoms with Gasteiger partial charge in [-0.3, -0.25) is 4.79 Å². The summed E-state index contributed by atoms with van der Waals surface area (Å²) in [6.07, 6.45) is -0.0797. The molecule has 7 nitrogen and oxygen atoms in total. The van der Waals surface area contributed by atoms with Crippen LogP contribution in [-0.2, 0) is 15.8 Å². The third-order valence-electron chi connectivity index (χ3n) is 2.16. The van der Waals surface area contributed by atoms with E-state index in [4.69, 9.17) is 20.0 Å². The van der Waals surface area contributed by atoms with E-state index in [1.165, 1.54) is 47.1 Å². The highest BCUT2D eigenvalue weighted by Gasteiger charge is 2.35. The van der Waals surface area contributed by atoms with E-state index in [0.717, 1.165) is 0 Å². The van der Waals surface area contributed by atoms with Crippen LogP contribution < -0.4 is 0 Å². The summed E-state index contributed by atoms with van der Waals surface area (Å²) in [7, 11) is -4.62. The Hall–Kier alpha value is -0.670. The van der Waals surface area contributed by atoms with E-state index < -0.39 is 19.8 Å². The second-order valence-electron chi connectivity index (χ2n) is 3.53. The largest absolute Gasteiger partial charge is 0.508 e. The first-order valence-corrected chi connectivity index (χ1v) is 7.26. The topological polar surface area (TPSA) is 118 Å². The minimum Gasteiger partial charge on any atom is -0.508 e. The van der Waals surface area contributed by atoms with Crippen molar-refractivity contribution in [3.8, 4) is 5.75 Å². The fourth-order valence-corrected chi connectivity index (χ4v) is 2.27. The van der Waals surface area contributed by atoms with Crippen LogP contribution in [0.25, 0.3) is 0 Å². The van der Waals surface area contributed by atoms with Gasteiger partial charge in [0, 0.05) is 29.3 Å². The van der Waals surface area contributed by atoms with Gasteiger partial charge in [-0.2, -0.15) is 0 Å². The molecule has 0 fully saturated rings. The average molecular weight is 387 g/mol. The fraction of sp³-hybridized carbons (Fsp3) is 0.222. The number of aliphatic carboxylic acids is 1. The van der Waals surface area contributed by atoms with Gasteiger partial charge in [-0.15, -0.1) is 2.88 Å². The fourth-order valence-electron chi connectivity index (χ4n) is 1.29. The zero-order valence-corrected chi connectivity index (χ0v) is 12.0. The maximum atomic E-state index is 11.0. The molecule has 0 saturated carbocycles. The van der Waals surface area contributed by atoms with Crippen molar-refractivity contribution in [3.63, 3.8) is 0 Å². The SMILES string of the molecule is O=C(O)[C@H](Cc1ccc(O)cc1)N(I)P(=O)(O)O. The van der Waals surface area contributed by atoms with Crippen molar-refractivity contribution >= 4 is 36.6 Å². The summed E-state index contributed by atoms with van der Waals surface area (Å²) in [6.45, 7) is 0. The van der Waals surface area contributed by atoms with Gasteiger partial charge in [-0.05, 0) is 17.7 Å². The van der Waals surface area contributed by atoms with Crippen LogP contribution in [0.5, 0.6) is 5.75 Å². The number of aromatic hydroxyl groups is 1. The van der Waals surface area contributed by atoms with Gasteiger partial charge in [0.15, 0.2) is 0 Å². The highest BCUT2D eigenvalue weighted by molar-refractivity contribution is 14.1. The zero-order chi connectivity index (χ0) is 13.9. The summed E-state index contributed by atoms with van der Waals surface area (Å²) >= 11 is 1.30. The number of phenolic OH excluding ortho intramolecular Hbond substituents is 1. The van der Waals surface area contributed by atoms with E-state index in [-0.39, 0.29) is 12.2 Å². The van der Waals surface area contributed by atoms with Crippen LogP contribution in [0.15, 0.2) is 24.3 Å². The van der Waals surface area contributed by atoms with E-state index in [1.54, 1.807) is 0 Å². The molecule has 18 heavy (non-hydrogen) atoms. The minimum atomic E-state index is -4.62. The van der Waals surface area contributed by atoms with Gasteiger partial charge in [-0.1, -0.05) is 12.1 Å². The highest BCUT2D eigenvalue weighted by atomic mass is 127. The molecule has 0 aliphatic heterocycles. The molecule has 0 unspecified atom stereocenters. The third-order valence-corrected chi connectivity index (χ3v) is 5.29. The molecule has 1 aromatic carbocycles. The van der Waals surface area contributed by atoms with E-state index in [0.29, 0.717) is 8.45 Å². The Morgan fingerprint density at radius 2 is 1.83 bits per heavy atom. The molecule has 0 saturated heterocycles. The van der Waals surface area contributed by atoms with Crippen LogP contribution in [0.2, 0.25) is 0 Å². The molecule has 1 aromatic rings. The van der Waals surface area contributed by atoms with Crippen molar-refractivity contribution in [1.29, 1.82) is 0 Å². The Morgan fingerprint density at radius 3 is 2.22 bits per heavy atom. The van der Waals surface area contributed by atoms with Gasteiger partial charge in [0.1, 0.15) is 11.8 Å². The maximum absolute atomic E-state index is 11.0. The number of carboxylic acid groups (broad SMARTS) is 1. The molecule has 0 heterocycles. The molecular formula is C9H11INO6P. The number of phenols is 1. The summed E-state index contributed by atoms with van der Waals surface area (Å²) in [6, 6.07) is 4.40. The molecule has 0 aliphatic carbocycles. The van der Waals surface area contributed by atoms with Crippen molar-refractivity contribution in [2.75, 3.05) is 0 Å². The van der Waals surface area contributed by atoms with Crippen molar-refractivity contribution < 1.29 is 29.4 Å². The summed E-state index contributed by atoms with van der Waals surface area (Å²) in [5.74, 6) is -1.30. The first kappa shape index (κ1) is 15.4. The molecule has 0 amide bonds. The smallest absolute Gasteiger partial charge is 0.412 e. The van der Waals surface area contributed by atoms with Gasteiger partial charge in [-0.25, -0.2) is 4.57 Å². The number of carboxylic acids is 1. The van der Waals surface area contributed by atoms with E-state index in [1.807, 2.05) is 0 Å². The first-order chi connectivity index (χ1) is 8.21. The lowest BCUT2D eigenvalue weighted by Gasteiger charge is -2.22. The Balaban J connectivity index is 2.91. The predicted octanol–water partition coefficient (Wildman–Crippen LogP) is 1.13. The van der Waals surface area contributed by atoms with E-state index >= 15 is 0 Å². The van der Waals surface area contributed by atoms with Gasteiger partial charge in [0.2, 0.25) is 0 Å². The normalized spacial score (nSPS) is 13.6. The van der Waals surface area contributed by atoms with Gasteiger partial charge in [0.25, 0.3) is 0 Å². The summed E-state index contributed by atoms with van der Waals surface area (Å²) < 4.78 is 11.5. The number of rotatable bonds is 5. The van der Waals surface area contributed by atoms with Crippen LogP contribution in [0.3, 0.4) is 0 Å². The minimum absolute atomic E-state index is 0.0342. The van der Waals surface area contributed by atoms with Gasteiger partial charge in [0.05, 0.1) is 0 Å². The first-order valence-electron chi connectivity index (χ1n) is 4.73. The Bertz CT molecular complexity index is 472. The maximum Gasteiger partial charge on any atom is 0.412 e. The van der Waals surface area contributed by atoms with E-state index in [9.17, 15) is 9.36 Å². The van der Waals surface area contributed by atoms with Crippen molar-refractivity contribution in [1.82, 2.24) is 2.88 Å². The Morgan fingerprint density at radius 1 is 1.33 bits per heavy atom. The molecule has 9 heteroatoms. The standard InChI is InChI=1S/C9H11INO6P/c10-11(18(15,16)17)8(9(13)14)5-6-1-3-7(12)4-2-6/h1-4,8,12H,5H2,(H,13,14)(H2,15,16,17)/t8-/m0/s1. The van der Waals surface area contributed by atoms with Crippen molar-refractivity contribution in [2.45, 2.75) is 12.5 Å². The molecule has 1 atom stereocenters. The molecule has 100 valence electrons. The summed E-state index contributed by atoms with van der Waals surface area (Å²) in [5, 5.41) is 18.1. The van der Waals surface area contributed by atoms with Crippen LogP contribution >= 0.6 is 30.6 Å². The average Bonchev–Trinajstić information content (AvgIpc) is 2.25. The number of halogens is 1. The summed E-state index contributed by atoms with van der Waals surface area (Å²) in [5.41, 5.74) is 0.551. The van der Waals surface area contributed by atoms with Gasteiger partial charge >= 0.3 is 13.7 Å². The lowest BCUT2D eigenvalue weighted by atomic mass is 10.1. The number of benzene rings is 1. The Labute approximate surface area is 117 Å².